The first-order chi connectivity index (χ1) is 13.9. The molecular formula is C20H23FN2O5S. The van der Waals surface area contributed by atoms with Crippen LogP contribution in [0.25, 0.3) is 0 Å². The van der Waals surface area contributed by atoms with E-state index in [4.69, 9.17) is 9.47 Å². The van der Waals surface area contributed by atoms with Crippen LogP contribution in [0.5, 0.6) is 11.5 Å². The standard InChI is InChI=1S/C20H23FN2O5S/c1-27-18-10-9-15(13-19(18)28-2)29(25,26)23(17-8-4-3-7-16(17)21)14-20(24)22-11-5-6-12-22/h3-4,7-10,13H,5-6,11-12,14H2,1-2H3. The largest absolute Gasteiger partial charge is 0.493 e. The summed E-state index contributed by atoms with van der Waals surface area (Å²) in [5, 5.41) is 0. The molecule has 0 radical (unpaired) electrons. The molecule has 7 nitrogen and oxygen atoms in total. The van der Waals surface area contributed by atoms with Gasteiger partial charge in [0.1, 0.15) is 12.4 Å². The highest BCUT2D eigenvalue weighted by molar-refractivity contribution is 7.92. The van der Waals surface area contributed by atoms with Crippen molar-refractivity contribution >= 4 is 21.6 Å². The summed E-state index contributed by atoms with van der Waals surface area (Å²) in [4.78, 5) is 14.2. The van der Waals surface area contributed by atoms with Gasteiger partial charge in [0.2, 0.25) is 5.91 Å². The monoisotopic (exact) mass is 422 g/mol. The maximum absolute atomic E-state index is 14.5. The second-order valence-electron chi connectivity index (χ2n) is 6.57. The van der Waals surface area contributed by atoms with Crippen LogP contribution in [-0.2, 0) is 14.8 Å². The first kappa shape index (κ1) is 20.9. The van der Waals surface area contributed by atoms with Gasteiger partial charge in [0.15, 0.2) is 11.5 Å². The van der Waals surface area contributed by atoms with Gasteiger partial charge in [-0.3, -0.25) is 9.10 Å². The van der Waals surface area contributed by atoms with Crippen molar-refractivity contribution in [1.29, 1.82) is 0 Å². The van der Waals surface area contributed by atoms with Gasteiger partial charge in [-0.1, -0.05) is 12.1 Å². The van der Waals surface area contributed by atoms with E-state index >= 15 is 0 Å². The molecule has 1 aliphatic heterocycles. The molecule has 2 aromatic rings. The Morgan fingerprint density at radius 1 is 1.07 bits per heavy atom. The topological polar surface area (TPSA) is 76.2 Å². The fourth-order valence-corrected chi connectivity index (χ4v) is 4.69. The number of likely N-dealkylation sites (tertiary alicyclic amines) is 1. The normalized spacial score (nSPS) is 14.0. The summed E-state index contributed by atoms with van der Waals surface area (Å²) in [6.45, 7) is 0.651. The van der Waals surface area contributed by atoms with Crippen LogP contribution < -0.4 is 13.8 Å². The maximum atomic E-state index is 14.5. The predicted molar refractivity (Wildman–Crippen MR) is 106 cm³/mol. The first-order valence-electron chi connectivity index (χ1n) is 9.15. The van der Waals surface area contributed by atoms with E-state index in [2.05, 4.69) is 0 Å². The molecule has 1 amide bonds. The van der Waals surface area contributed by atoms with Crippen LogP contribution in [0.3, 0.4) is 0 Å². The third kappa shape index (κ3) is 4.29. The van der Waals surface area contributed by atoms with Gasteiger partial charge in [0, 0.05) is 19.2 Å². The van der Waals surface area contributed by atoms with Gasteiger partial charge in [-0.05, 0) is 37.1 Å². The third-order valence-corrected chi connectivity index (χ3v) is 6.56. The second kappa shape index (κ2) is 8.69. The number of amides is 1. The van der Waals surface area contributed by atoms with Crippen molar-refractivity contribution in [1.82, 2.24) is 4.90 Å². The predicted octanol–water partition coefficient (Wildman–Crippen LogP) is 2.66. The van der Waals surface area contributed by atoms with E-state index in [1.165, 1.54) is 50.6 Å². The number of rotatable bonds is 7. The molecule has 2 aromatic carbocycles. The van der Waals surface area contributed by atoms with Crippen molar-refractivity contribution < 1.29 is 27.1 Å². The number of para-hydroxylation sites is 1. The summed E-state index contributed by atoms with van der Waals surface area (Å²) in [6, 6.07) is 9.57. The van der Waals surface area contributed by atoms with Crippen LogP contribution in [-0.4, -0.2) is 53.1 Å². The van der Waals surface area contributed by atoms with Crippen molar-refractivity contribution in [2.75, 3.05) is 38.2 Å². The molecule has 3 rings (SSSR count). The van der Waals surface area contributed by atoms with Crippen molar-refractivity contribution in [2.45, 2.75) is 17.7 Å². The minimum absolute atomic E-state index is 0.132. The van der Waals surface area contributed by atoms with Gasteiger partial charge < -0.3 is 14.4 Å². The highest BCUT2D eigenvalue weighted by Gasteiger charge is 2.32. The Morgan fingerprint density at radius 3 is 2.34 bits per heavy atom. The quantitative estimate of drug-likeness (QED) is 0.686. The Morgan fingerprint density at radius 2 is 1.72 bits per heavy atom. The van der Waals surface area contributed by atoms with Crippen LogP contribution in [0.15, 0.2) is 47.4 Å². The van der Waals surface area contributed by atoms with Crippen molar-refractivity contribution in [2.24, 2.45) is 0 Å². The fourth-order valence-electron chi connectivity index (χ4n) is 3.25. The van der Waals surface area contributed by atoms with E-state index in [1.54, 1.807) is 4.90 Å². The molecule has 9 heteroatoms. The zero-order valence-corrected chi connectivity index (χ0v) is 17.1. The van der Waals surface area contributed by atoms with Gasteiger partial charge in [-0.25, -0.2) is 12.8 Å². The highest BCUT2D eigenvalue weighted by atomic mass is 32.2. The van der Waals surface area contributed by atoms with Gasteiger partial charge in [-0.15, -0.1) is 0 Å². The zero-order valence-electron chi connectivity index (χ0n) is 16.3. The lowest BCUT2D eigenvalue weighted by Gasteiger charge is -2.27. The number of hydrogen-bond donors (Lipinski definition) is 0. The summed E-state index contributed by atoms with van der Waals surface area (Å²) in [5.74, 6) is -0.523. The van der Waals surface area contributed by atoms with Crippen LogP contribution in [0, 0.1) is 5.82 Å². The number of sulfonamides is 1. The van der Waals surface area contributed by atoms with Gasteiger partial charge in [0.25, 0.3) is 10.0 Å². The summed E-state index contributed by atoms with van der Waals surface area (Å²) in [7, 11) is -1.42. The third-order valence-electron chi connectivity index (χ3n) is 4.80. The van der Waals surface area contributed by atoms with Crippen LogP contribution in [0.2, 0.25) is 0 Å². The van der Waals surface area contributed by atoms with E-state index in [9.17, 15) is 17.6 Å². The first-order valence-corrected chi connectivity index (χ1v) is 10.6. The van der Waals surface area contributed by atoms with Crippen LogP contribution in [0.1, 0.15) is 12.8 Å². The van der Waals surface area contributed by atoms with Gasteiger partial charge in [0.05, 0.1) is 24.8 Å². The number of anilines is 1. The second-order valence-corrected chi connectivity index (χ2v) is 8.43. The Hall–Kier alpha value is -2.81. The number of carbonyl (C=O) groups is 1. The van der Waals surface area contributed by atoms with Crippen molar-refractivity contribution in [3.63, 3.8) is 0 Å². The molecule has 0 atom stereocenters. The summed E-state index contributed by atoms with van der Waals surface area (Å²) < 4.78 is 52.4. The Bertz CT molecular complexity index is 990. The minimum Gasteiger partial charge on any atom is -0.493 e. The molecule has 0 aromatic heterocycles. The highest BCUT2D eigenvalue weighted by Crippen LogP contribution is 2.33. The molecule has 156 valence electrons. The summed E-state index contributed by atoms with van der Waals surface area (Å²) >= 11 is 0. The molecule has 0 spiro atoms. The van der Waals surface area contributed by atoms with E-state index in [1.807, 2.05) is 0 Å². The lowest BCUT2D eigenvalue weighted by Crippen LogP contribution is -2.42. The molecule has 0 unspecified atom stereocenters. The van der Waals surface area contributed by atoms with E-state index in [-0.39, 0.29) is 22.2 Å². The molecule has 1 heterocycles. The molecular weight excluding hydrogens is 399 g/mol. The maximum Gasteiger partial charge on any atom is 0.265 e. The van der Waals surface area contributed by atoms with Crippen LogP contribution >= 0.6 is 0 Å². The number of benzene rings is 2. The van der Waals surface area contributed by atoms with E-state index < -0.39 is 22.4 Å². The SMILES string of the molecule is COc1ccc(S(=O)(=O)N(CC(=O)N2CCCC2)c2ccccc2F)cc1OC. The number of methoxy groups -OCH3 is 2. The minimum atomic E-state index is -4.25. The average Bonchev–Trinajstić information content (AvgIpc) is 3.27. The van der Waals surface area contributed by atoms with Crippen molar-refractivity contribution in [3.05, 3.63) is 48.3 Å². The molecule has 1 fully saturated rings. The molecule has 29 heavy (non-hydrogen) atoms. The Labute approximate surface area is 169 Å². The molecule has 1 saturated heterocycles. The number of ether oxygens (including phenoxy) is 2. The number of hydrogen-bond acceptors (Lipinski definition) is 5. The lowest BCUT2D eigenvalue weighted by molar-refractivity contribution is -0.128. The molecule has 0 bridgehead atoms. The lowest BCUT2D eigenvalue weighted by atomic mass is 10.3. The number of carbonyl (C=O) groups excluding carboxylic acids is 1. The molecule has 0 aliphatic carbocycles. The zero-order chi connectivity index (χ0) is 21.0. The molecule has 0 N–H and O–H groups in total. The number of nitrogens with zero attached hydrogens (tertiary/aromatic N) is 2. The van der Waals surface area contributed by atoms with Crippen molar-refractivity contribution in [3.8, 4) is 11.5 Å². The van der Waals surface area contributed by atoms with Crippen LogP contribution in [0.4, 0.5) is 10.1 Å². The van der Waals surface area contributed by atoms with Gasteiger partial charge >= 0.3 is 0 Å². The number of halogens is 1. The average molecular weight is 422 g/mol. The Balaban J connectivity index is 2.04. The van der Waals surface area contributed by atoms with Gasteiger partial charge in [-0.2, -0.15) is 0 Å². The van der Waals surface area contributed by atoms with E-state index in [0.29, 0.717) is 18.8 Å². The summed E-state index contributed by atoms with van der Waals surface area (Å²) in [5.41, 5.74) is -0.185. The molecule has 1 aliphatic rings. The fraction of sp³-hybridized carbons (Fsp3) is 0.350. The Kier molecular flexibility index (Phi) is 6.26. The van der Waals surface area contributed by atoms with E-state index in [0.717, 1.165) is 23.2 Å². The molecule has 0 saturated carbocycles. The summed E-state index contributed by atoms with van der Waals surface area (Å²) in [6.07, 6.45) is 1.74. The smallest absolute Gasteiger partial charge is 0.265 e.